The Morgan fingerprint density at radius 3 is 2.83 bits per heavy atom. The molecule has 8 nitrogen and oxygen atoms in total. The highest BCUT2D eigenvalue weighted by atomic mass is 35.5. The number of aromatic nitrogens is 2. The lowest BCUT2D eigenvalue weighted by molar-refractivity contribution is -0.124. The highest BCUT2D eigenvalue weighted by Gasteiger charge is 2.19. The third-order valence-corrected chi connectivity index (χ3v) is 3.31. The fourth-order valence-corrected chi connectivity index (χ4v) is 1.90. The number of rotatable bonds is 5. The van der Waals surface area contributed by atoms with Crippen LogP contribution in [0, 0.1) is 11.7 Å². The predicted molar refractivity (Wildman–Crippen MR) is 84.3 cm³/mol. The molecule has 24 heavy (non-hydrogen) atoms. The van der Waals surface area contributed by atoms with E-state index < -0.39 is 5.82 Å². The van der Waals surface area contributed by atoms with Gasteiger partial charge >= 0.3 is 0 Å². The Labute approximate surface area is 141 Å². The number of amides is 1. The Morgan fingerprint density at radius 1 is 1.46 bits per heavy atom. The summed E-state index contributed by atoms with van der Waals surface area (Å²) in [5, 5.41) is 24.9. The summed E-state index contributed by atoms with van der Waals surface area (Å²) in [7, 11) is 0. The second-order valence-electron chi connectivity index (χ2n) is 5.13. The molecule has 0 saturated carbocycles. The molecule has 0 saturated heterocycles. The van der Waals surface area contributed by atoms with Gasteiger partial charge in [-0.05, 0) is 23.4 Å². The van der Waals surface area contributed by atoms with E-state index in [1.807, 2.05) is 0 Å². The molecule has 1 amide bonds. The first-order valence-electron chi connectivity index (χ1n) is 6.96. The topological polar surface area (TPSA) is 113 Å². The van der Waals surface area contributed by atoms with E-state index in [1.165, 1.54) is 12.1 Å². The number of oxime groups is 1. The molecule has 0 fully saturated rings. The number of hydrogen-bond acceptors (Lipinski definition) is 6. The second-order valence-corrected chi connectivity index (χ2v) is 5.54. The monoisotopic (exact) mass is 355 g/mol. The van der Waals surface area contributed by atoms with Crippen molar-refractivity contribution in [1.82, 2.24) is 15.6 Å². The molecule has 1 heterocycles. The van der Waals surface area contributed by atoms with Gasteiger partial charge < -0.3 is 15.8 Å². The third kappa shape index (κ3) is 4.19. The Balaban J connectivity index is 2.15. The van der Waals surface area contributed by atoms with Gasteiger partial charge in [-0.25, -0.2) is 9.02 Å². The van der Waals surface area contributed by atoms with E-state index in [1.54, 1.807) is 13.8 Å². The van der Waals surface area contributed by atoms with Crippen LogP contribution in [0.5, 0.6) is 0 Å². The molecule has 1 aromatic carbocycles. The first-order valence-corrected chi connectivity index (χ1v) is 7.33. The van der Waals surface area contributed by atoms with Crippen molar-refractivity contribution >= 4 is 29.0 Å². The molecule has 0 aliphatic rings. The summed E-state index contributed by atoms with van der Waals surface area (Å²) < 4.78 is 17.8. The molecule has 1 aromatic heterocycles. The van der Waals surface area contributed by atoms with Crippen molar-refractivity contribution in [3.05, 3.63) is 40.4 Å². The maximum absolute atomic E-state index is 13.2. The molecule has 128 valence electrons. The molecule has 0 aliphatic heterocycles. The minimum atomic E-state index is -0.579. The van der Waals surface area contributed by atoms with Gasteiger partial charge in [0.2, 0.25) is 11.7 Å². The van der Waals surface area contributed by atoms with Crippen LogP contribution in [0.25, 0.3) is 0 Å². The summed E-state index contributed by atoms with van der Waals surface area (Å²) >= 11 is 5.70. The van der Waals surface area contributed by atoms with Crippen molar-refractivity contribution < 1.29 is 19.0 Å². The van der Waals surface area contributed by atoms with Gasteiger partial charge in [-0.1, -0.05) is 35.8 Å². The van der Waals surface area contributed by atoms with Gasteiger partial charge in [-0.2, -0.15) is 0 Å². The van der Waals surface area contributed by atoms with Gasteiger partial charge in [-0.3, -0.25) is 4.79 Å². The zero-order valence-corrected chi connectivity index (χ0v) is 13.6. The van der Waals surface area contributed by atoms with Crippen molar-refractivity contribution in [2.75, 3.05) is 5.32 Å². The molecule has 0 unspecified atom stereocenters. The van der Waals surface area contributed by atoms with Gasteiger partial charge in [0.1, 0.15) is 11.5 Å². The van der Waals surface area contributed by atoms with Crippen LogP contribution in [-0.4, -0.2) is 27.3 Å². The molecule has 0 atom stereocenters. The third-order valence-electron chi connectivity index (χ3n) is 3.02. The van der Waals surface area contributed by atoms with E-state index in [2.05, 4.69) is 30.7 Å². The number of nitrogens with one attached hydrogen (secondary N) is 2. The van der Waals surface area contributed by atoms with Crippen LogP contribution < -0.4 is 10.6 Å². The number of nitrogens with zero attached hydrogens (tertiary/aromatic N) is 3. The van der Waals surface area contributed by atoms with Crippen LogP contribution in [0.15, 0.2) is 28.0 Å². The van der Waals surface area contributed by atoms with Crippen molar-refractivity contribution in [1.29, 1.82) is 0 Å². The van der Waals surface area contributed by atoms with Crippen molar-refractivity contribution in [3.8, 4) is 0 Å². The normalized spacial score (nSPS) is 11.6. The molecular formula is C14H15ClFN5O3. The largest absolute Gasteiger partial charge is 0.409 e. The zero-order chi connectivity index (χ0) is 17.7. The number of amidine groups is 1. The lowest BCUT2D eigenvalue weighted by Crippen LogP contribution is -2.28. The van der Waals surface area contributed by atoms with E-state index in [0.29, 0.717) is 5.69 Å². The number of anilines is 1. The smallest absolute Gasteiger partial charge is 0.222 e. The number of carbonyl (C=O) groups excluding carboxylic acids is 1. The highest BCUT2D eigenvalue weighted by molar-refractivity contribution is 6.31. The Kier molecular flexibility index (Phi) is 5.69. The fraction of sp³-hybridized carbons (Fsp3) is 0.286. The SMILES string of the molecule is CC(C)C(=O)NCc1nonc1C(=NO)Nc1ccc(F)c(Cl)c1. The maximum Gasteiger partial charge on any atom is 0.222 e. The average Bonchev–Trinajstić information content (AvgIpc) is 3.01. The lowest BCUT2D eigenvalue weighted by atomic mass is 10.2. The Hall–Kier alpha value is -2.68. The van der Waals surface area contributed by atoms with Crippen LogP contribution in [0.4, 0.5) is 10.1 Å². The van der Waals surface area contributed by atoms with Crippen molar-refractivity contribution in [2.45, 2.75) is 20.4 Å². The quantitative estimate of drug-likeness (QED) is 0.328. The van der Waals surface area contributed by atoms with Crippen LogP contribution in [0.3, 0.4) is 0 Å². The minimum Gasteiger partial charge on any atom is -0.409 e. The maximum atomic E-state index is 13.2. The average molecular weight is 356 g/mol. The molecule has 2 aromatic rings. The standard InChI is InChI=1S/C14H15ClFN5O3/c1-7(2)14(22)17-6-11-12(21-24-20-11)13(19-23)18-8-3-4-10(16)9(15)5-8/h3-5,7,23H,6H2,1-2H3,(H,17,22)(H,18,19). The summed E-state index contributed by atoms with van der Waals surface area (Å²) in [6, 6.07) is 3.88. The molecule has 0 aliphatic carbocycles. The highest BCUT2D eigenvalue weighted by Crippen LogP contribution is 2.20. The molecule has 3 N–H and O–H groups in total. The van der Waals surface area contributed by atoms with Gasteiger partial charge in [0.25, 0.3) is 0 Å². The summed E-state index contributed by atoms with van der Waals surface area (Å²) in [5.74, 6) is -1.04. The summed E-state index contributed by atoms with van der Waals surface area (Å²) in [6.07, 6.45) is 0. The van der Waals surface area contributed by atoms with Gasteiger partial charge in [0.15, 0.2) is 5.69 Å². The molecule has 0 bridgehead atoms. The number of halogens is 2. The predicted octanol–water partition coefficient (Wildman–Crippen LogP) is 2.38. The van der Waals surface area contributed by atoms with Gasteiger partial charge in [-0.15, -0.1) is 0 Å². The Bertz CT molecular complexity index is 763. The van der Waals surface area contributed by atoms with E-state index in [4.69, 9.17) is 11.6 Å². The fourth-order valence-electron chi connectivity index (χ4n) is 1.72. The number of hydrogen-bond donors (Lipinski definition) is 3. The van der Waals surface area contributed by atoms with Crippen LogP contribution in [0.2, 0.25) is 5.02 Å². The Morgan fingerprint density at radius 2 is 2.21 bits per heavy atom. The molecular weight excluding hydrogens is 341 g/mol. The molecule has 0 radical (unpaired) electrons. The zero-order valence-electron chi connectivity index (χ0n) is 12.9. The van der Waals surface area contributed by atoms with Gasteiger partial charge in [0, 0.05) is 11.6 Å². The summed E-state index contributed by atoms with van der Waals surface area (Å²) in [5.41, 5.74) is 0.730. The van der Waals surface area contributed by atoms with E-state index in [-0.39, 0.29) is 40.6 Å². The van der Waals surface area contributed by atoms with E-state index in [0.717, 1.165) is 6.07 Å². The summed E-state index contributed by atoms with van der Waals surface area (Å²) in [4.78, 5) is 11.6. The first-order chi connectivity index (χ1) is 11.4. The minimum absolute atomic E-state index is 0.0424. The molecule has 10 heteroatoms. The van der Waals surface area contributed by atoms with Crippen LogP contribution >= 0.6 is 11.6 Å². The lowest BCUT2D eigenvalue weighted by Gasteiger charge is -2.08. The van der Waals surface area contributed by atoms with E-state index >= 15 is 0 Å². The number of benzene rings is 1. The number of carbonyl (C=O) groups is 1. The van der Waals surface area contributed by atoms with Crippen LogP contribution in [-0.2, 0) is 11.3 Å². The van der Waals surface area contributed by atoms with Crippen molar-refractivity contribution in [3.63, 3.8) is 0 Å². The van der Waals surface area contributed by atoms with Crippen molar-refractivity contribution in [2.24, 2.45) is 11.1 Å². The summed E-state index contributed by atoms with van der Waals surface area (Å²) in [6.45, 7) is 3.54. The van der Waals surface area contributed by atoms with Gasteiger partial charge in [0.05, 0.1) is 11.6 Å². The first kappa shape index (κ1) is 17.7. The van der Waals surface area contributed by atoms with Crippen LogP contribution in [0.1, 0.15) is 25.2 Å². The second kappa shape index (κ2) is 7.73. The van der Waals surface area contributed by atoms with E-state index in [9.17, 15) is 14.4 Å². The molecule has 2 rings (SSSR count). The molecule has 0 spiro atoms.